The summed E-state index contributed by atoms with van der Waals surface area (Å²) in [7, 11) is 0. The number of carbonyl (C=O) groups is 1. The lowest BCUT2D eigenvalue weighted by molar-refractivity contribution is -0.384. The van der Waals surface area contributed by atoms with E-state index in [1.54, 1.807) is 12.1 Å². The lowest BCUT2D eigenvalue weighted by Gasteiger charge is -2.13. The smallest absolute Gasteiger partial charge is 0.324 e. The maximum Gasteiger partial charge on any atom is 0.324 e. The zero-order chi connectivity index (χ0) is 25.1. The first-order chi connectivity index (χ1) is 16.7. The monoisotopic (exact) mass is 484 g/mol. The van der Waals surface area contributed by atoms with Crippen molar-refractivity contribution in [3.63, 3.8) is 0 Å². The highest BCUT2D eigenvalue weighted by molar-refractivity contribution is 6.11. The lowest BCUT2D eigenvalue weighted by Crippen LogP contribution is -2.25. The Balaban J connectivity index is 1.72. The van der Waals surface area contributed by atoms with Crippen LogP contribution >= 0.6 is 0 Å². The fraction of sp³-hybridized carbons (Fsp3) is 0.0833. The molecule has 0 spiro atoms. The number of halogens is 4. The number of nitro groups is 1. The number of fused-ring (bicyclic) bond motifs is 1. The van der Waals surface area contributed by atoms with Gasteiger partial charge in [-0.25, -0.2) is 22.5 Å². The average Bonchev–Trinajstić information content (AvgIpc) is 2.81. The Kier molecular flexibility index (Phi) is 6.58. The number of anilines is 1. The van der Waals surface area contributed by atoms with Crippen molar-refractivity contribution in [2.24, 2.45) is 0 Å². The number of aromatic nitrogens is 1. The first-order valence-electron chi connectivity index (χ1n) is 10.2. The van der Waals surface area contributed by atoms with E-state index >= 15 is 0 Å². The molecule has 0 fully saturated rings. The number of para-hydroxylation sites is 1. The molecule has 1 amide bonds. The third-order valence-corrected chi connectivity index (χ3v) is 5.19. The maximum atomic E-state index is 14.0. The zero-order valence-electron chi connectivity index (χ0n) is 17.8. The van der Waals surface area contributed by atoms with Gasteiger partial charge in [0.05, 0.1) is 10.4 Å². The number of hydrogen-bond acceptors (Lipinski definition) is 5. The molecule has 0 atom stereocenters. The predicted octanol–water partition coefficient (Wildman–Crippen LogP) is 5.24. The summed E-state index contributed by atoms with van der Waals surface area (Å²) in [5, 5.41) is 17.2. The van der Waals surface area contributed by atoms with E-state index in [-0.39, 0.29) is 46.5 Å². The summed E-state index contributed by atoms with van der Waals surface area (Å²) in [5.41, 5.74) is -0.786. The lowest BCUT2D eigenvalue weighted by atomic mass is 10.1. The van der Waals surface area contributed by atoms with E-state index in [9.17, 15) is 32.5 Å². The summed E-state index contributed by atoms with van der Waals surface area (Å²) < 4.78 is 54.4. The van der Waals surface area contributed by atoms with E-state index in [4.69, 9.17) is 0 Å². The zero-order valence-corrected chi connectivity index (χ0v) is 17.8. The summed E-state index contributed by atoms with van der Waals surface area (Å²) in [6.07, 6.45) is 0. The first-order valence-corrected chi connectivity index (χ1v) is 10.2. The highest BCUT2D eigenvalue weighted by Gasteiger charge is 2.29. The summed E-state index contributed by atoms with van der Waals surface area (Å²) in [6, 6.07) is 11.9. The van der Waals surface area contributed by atoms with Gasteiger partial charge in [-0.2, -0.15) is 0 Å². The van der Waals surface area contributed by atoms with Crippen molar-refractivity contribution in [2.45, 2.75) is 13.1 Å². The molecule has 1 aromatic heterocycles. The number of hydrogen-bond donors (Lipinski definition) is 2. The Labute approximate surface area is 195 Å². The van der Waals surface area contributed by atoms with Gasteiger partial charge in [-0.1, -0.05) is 30.3 Å². The molecule has 0 radical (unpaired) electrons. The van der Waals surface area contributed by atoms with Crippen molar-refractivity contribution in [3.8, 4) is 0 Å². The molecule has 0 unspecified atom stereocenters. The molecule has 35 heavy (non-hydrogen) atoms. The summed E-state index contributed by atoms with van der Waals surface area (Å²) in [5.74, 6) is -4.52. The highest BCUT2D eigenvalue weighted by Crippen LogP contribution is 2.33. The molecule has 2 N–H and O–H groups in total. The molecule has 3 aromatic carbocycles. The maximum absolute atomic E-state index is 14.0. The van der Waals surface area contributed by atoms with Gasteiger partial charge in [-0.15, -0.1) is 0 Å². The highest BCUT2D eigenvalue weighted by atomic mass is 19.1. The van der Waals surface area contributed by atoms with Gasteiger partial charge in [0.2, 0.25) is 5.82 Å². The normalized spacial score (nSPS) is 10.9. The molecule has 4 aromatic rings. The second-order valence-electron chi connectivity index (χ2n) is 7.47. The van der Waals surface area contributed by atoms with Crippen molar-refractivity contribution in [2.75, 3.05) is 5.32 Å². The molecule has 7 nitrogen and oxygen atoms in total. The second-order valence-corrected chi connectivity index (χ2v) is 7.47. The Hall–Kier alpha value is -4.54. The van der Waals surface area contributed by atoms with Crippen LogP contribution in [0.2, 0.25) is 0 Å². The van der Waals surface area contributed by atoms with Crippen LogP contribution in [0.1, 0.15) is 21.5 Å². The van der Waals surface area contributed by atoms with Crippen LogP contribution in [0, 0.1) is 33.4 Å². The Bertz CT molecular complexity index is 1460. The number of carbonyl (C=O) groups excluding carboxylic acids is 1. The van der Waals surface area contributed by atoms with Gasteiger partial charge in [-0.05, 0) is 18.2 Å². The predicted molar refractivity (Wildman–Crippen MR) is 120 cm³/mol. The van der Waals surface area contributed by atoms with E-state index in [1.807, 2.05) is 0 Å². The third kappa shape index (κ3) is 5.03. The summed E-state index contributed by atoms with van der Waals surface area (Å²) in [6.45, 7) is -0.636. The van der Waals surface area contributed by atoms with Crippen LogP contribution in [0.5, 0.6) is 0 Å². The van der Waals surface area contributed by atoms with Gasteiger partial charge in [-0.3, -0.25) is 14.9 Å². The van der Waals surface area contributed by atoms with Gasteiger partial charge >= 0.3 is 5.69 Å². The Morgan fingerprint density at radius 1 is 0.886 bits per heavy atom. The minimum atomic E-state index is -0.893. The molecule has 0 saturated carbocycles. The van der Waals surface area contributed by atoms with Crippen LogP contribution in [-0.2, 0) is 13.1 Å². The molecular formula is C24H16F4N4O3. The van der Waals surface area contributed by atoms with Crippen molar-refractivity contribution in [1.29, 1.82) is 0 Å². The molecule has 1 heterocycles. The van der Waals surface area contributed by atoms with Gasteiger partial charge < -0.3 is 10.6 Å². The molecule has 0 bridgehead atoms. The van der Waals surface area contributed by atoms with Crippen LogP contribution in [-0.4, -0.2) is 15.8 Å². The third-order valence-electron chi connectivity index (χ3n) is 5.19. The van der Waals surface area contributed by atoms with Crippen molar-refractivity contribution in [3.05, 3.63) is 111 Å². The molecular weight excluding hydrogens is 468 g/mol. The van der Waals surface area contributed by atoms with Crippen LogP contribution in [0.4, 0.5) is 29.1 Å². The van der Waals surface area contributed by atoms with E-state index in [1.165, 1.54) is 18.2 Å². The van der Waals surface area contributed by atoms with Crippen LogP contribution < -0.4 is 10.6 Å². The standard InChI is InChI=1S/C24H16F4N4O3/c25-15-7-5-13(18(27)9-15)11-29-23-22(32(34)35)21(17-3-1-2-4-20(17)31-23)24(33)30-12-14-6-8-16(26)10-19(14)28/h1-10H,11-12H2,(H,29,31)(H,30,33). The topological polar surface area (TPSA) is 97.2 Å². The van der Waals surface area contributed by atoms with E-state index in [2.05, 4.69) is 15.6 Å². The molecule has 178 valence electrons. The number of amides is 1. The van der Waals surface area contributed by atoms with Gasteiger partial charge in [0, 0.05) is 41.7 Å². The number of pyridine rings is 1. The SMILES string of the molecule is O=C(NCc1ccc(F)cc1F)c1c([N+](=O)[O-])c(NCc2ccc(F)cc2F)nc2ccccc12. The molecule has 0 aliphatic carbocycles. The fourth-order valence-corrected chi connectivity index (χ4v) is 3.51. The van der Waals surface area contributed by atoms with Crippen molar-refractivity contribution in [1.82, 2.24) is 10.3 Å². The Morgan fingerprint density at radius 3 is 2.09 bits per heavy atom. The van der Waals surface area contributed by atoms with Crippen molar-refractivity contribution >= 4 is 28.3 Å². The van der Waals surface area contributed by atoms with E-state index in [0.29, 0.717) is 12.1 Å². The van der Waals surface area contributed by atoms with Gasteiger partial charge in [0.15, 0.2) is 0 Å². The molecule has 0 saturated heterocycles. The van der Waals surface area contributed by atoms with Crippen LogP contribution in [0.25, 0.3) is 10.9 Å². The summed E-state index contributed by atoms with van der Waals surface area (Å²) in [4.78, 5) is 28.5. The van der Waals surface area contributed by atoms with Crippen LogP contribution in [0.3, 0.4) is 0 Å². The Morgan fingerprint density at radius 2 is 1.49 bits per heavy atom. The number of benzene rings is 3. The number of nitrogens with one attached hydrogen (secondary N) is 2. The average molecular weight is 484 g/mol. The minimum absolute atomic E-state index is 0.0217. The van der Waals surface area contributed by atoms with E-state index < -0.39 is 39.8 Å². The van der Waals surface area contributed by atoms with E-state index in [0.717, 1.165) is 18.2 Å². The molecule has 11 heteroatoms. The number of rotatable bonds is 7. The molecule has 0 aliphatic heterocycles. The number of nitrogens with zero attached hydrogens (tertiary/aromatic N) is 2. The molecule has 4 rings (SSSR count). The second kappa shape index (κ2) is 9.75. The quantitative estimate of drug-likeness (QED) is 0.212. The fourth-order valence-electron chi connectivity index (χ4n) is 3.51. The summed E-state index contributed by atoms with van der Waals surface area (Å²) >= 11 is 0. The minimum Gasteiger partial charge on any atom is -0.360 e. The van der Waals surface area contributed by atoms with Crippen molar-refractivity contribution < 1.29 is 27.3 Å². The van der Waals surface area contributed by atoms with Gasteiger partial charge in [0.1, 0.15) is 28.8 Å². The molecule has 0 aliphatic rings. The largest absolute Gasteiger partial charge is 0.360 e. The van der Waals surface area contributed by atoms with Gasteiger partial charge in [0.25, 0.3) is 5.91 Å². The van der Waals surface area contributed by atoms with Crippen LogP contribution in [0.15, 0.2) is 60.7 Å². The first kappa shape index (κ1) is 23.6.